The van der Waals surface area contributed by atoms with Gasteiger partial charge in [-0.2, -0.15) is 0 Å². The van der Waals surface area contributed by atoms with Crippen LogP contribution in [-0.2, 0) is 21.2 Å². The summed E-state index contributed by atoms with van der Waals surface area (Å²) < 4.78 is 27.7. The van der Waals surface area contributed by atoms with Gasteiger partial charge in [0.2, 0.25) is 5.91 Å². The third-order valence-electron chi connectivity index (χ3n) is 3.89. The largest absolute Gasteiger partial charge is 0.356 e. The number of amides is 1. The zero-order chi connectivity index (χ0) is 20.1. The number of benzene rings is 2. The molecule has 1 heterocycles. The number of aromatic nitrogens is 1. The SMILES string of the molecule is CC(=O)NCCc1ccc(S(=O)(=O)Nc2nc(-c3ccc(Cl)cc3)cs2)cc1. The van der Waals surface area contributed by atoms with Crippen molar-refractivity contribution in [2.24, 2.45) is 0 Å². The van der Waals surface area contributed by atoms with Gasteiger partial charge in [0.15, 0.2) is 5.13 Å². The lowest BCUT2D eigenvalue weighted by atomic mass is 10.1. The Morgan fingerprint density at radius 3 is 2.43 bits per heavy atom. The Morgan fingerprint density at radius 1 is 1.11 bits per heavy atom. The highest BCUT2D eigenvalue weighted by Gasteiger charge is 2.16. The Labute approximate surface area is 172 Å². The molecule has 28 heavy (non-hydrogen) atoms. The Balaban J connectivity index is 1.68. The number of sulfonamides is 1. The molecule has 0 atom stereocenters. The van der Waals surface area contributed by atoms with Crippen LogP contribution in [0.4, 0.5) is 5.13 Å². The fraction of sp³-hybridized carbons (Fsp3) is 0.158. The Kier molecular flexibility index (Phi) is 6.33. The molecule has 0 unspecified atom stereocenters. The van der Waals surface area contributed by atoms with Crippen LogP contribution in [0.3, 0.4) is 0 Å². The van der Waals surface area contributed by atoms with E-state index in [0.29, 0.717) is 28.8 Å². The molecule has 9 heteroatoms. The lowest BCUT2D eigenvalue weighted by molar-refractivity contribution is -0.118. The molecule has 1 aromatic heterocycles. The van der Waals surface area contributed by atoms with E-state index in [0.717, 1.165) is 11.1 Å². The van der Waals surface area contributed by atoms with Gasteiger partial charge < -0.3 is 5.32 Å². The van der Waals surface area contributed by atoms with Gasteiger partial charge in [0.1, 0.15) is 0 Å². The second-order valence-corrected chi connectivity index (χ2v) is 9.00. The first-order chi connectivity index (χ1) is 13.3. The van der Waals surface area contributed by atoms with E-state index in [1.165, 1.54) is 18.3 Å². The van der Waals surface area contributed by atoms with E-state index in [9.17, 15) is 13.2 Å². The lowest BCUT2D eigenvalue weighted by Crippen LogP contribution is -2.22. The van der Waals surface area contributed by atoms with Crippen molar-refractivity contribution in [1.29, 1.82) is 0 Å². The second-order valence-electron chi connectivity index (χ2n) is 6.03. The summed E-state index contributed by atoms with van der Waals surface area (Å²) >= 11 is 7.10. The molecule has 0 aliphatic carbocycles. The molecule has 0 saturated heterocycles. The van der Waals surface area contributed by atoms with Gasteiger partial charge in [-0.3, -0.25) is 9.52 Å². The number of carbonyl (C=O) groups excluding carboxylic acids is 1. The van der Waals surface area contributed by atoms with E-state index in [4.69, 9.17) is 11.6 Å². The molecule has 0 aliphatic heterocycles. The first kappa shape index (κ1) is 20.3. The highest BCUT2D eigenvalue weighted by atomic mass is 35.5. The molecule has 0 radical (unpaired) electrons. The normalized spacial score (nSPS) is 11.2. The van der Waals surface area contributed by atoms with Crippen molar-refractivity contribution >= 4 is 44.0 Å². The molecule has 1 amide bonds. The molecule has 0 spiro atoms. The average Bonchev–Trinajstić information content (AvgIpc) is 3.10. The summed E-state index contributed by atoms with van der Waals surface area (Å²) in [7, 11) is -3.73. The van der Waals surface area contributed by atoms with E-state index in [2.05, 4.69) is 15.0 Å². The molecule has 0 fully saturated rings. The van der Waals surface area contributed by atoms with E-state index >= 15 is 0 Å². The summed E-state index contributed by atoms with van der Waals surface area (Å²) in [6.07, 6.45) is 0.629. The number of hydrogen-bond acceptors (Lipinski definition) is 5. The van der Waals surface area contributed by atoms with Crippen LogP contribution in [0, 0.1) is 0 Å². The molecule has 2 aromatic carbocycles. The van der Waals surface area contributed by atoms with Crippen molar-refractivity contribution in [1.82, 2.24) is 10.3 Å². The predicted octanol–water partition coefficient (Wildman–Crippen LogP) is 3.94. The summed E-state index contributed by atoms with van der Waals surface area (Å²) in [5.74, 6) is -0.0928. The van der Waals surface area contributed by atoms with Gasteiger partial charge in [0.05, 0.1) is 10.6 Å². The number of rotatable bonds is 7. The van der Waals surface area contributed by atoms with Crippen LogP contribution in [0.15, 0.2) is 58.8 Å². The van der Waals surface area contributed by atoms with Gasteiger partial charge in [-0.15, -0.1) is 11.3 Å². The number of nitrogens with zero attached hydrogens (tertiary/aromatic N) is 1. The zero-order valence-corrected chi connectivity index (χ0v) is 17.4. The lowest BCUT2D eigenvalue weighted by Gasteiger charge is -2.07. The molecule has 6 nitrogen and oxygen atoms in total. The second kappa shape index (κ2) is 8.72. The van der Waals surface area contributed by atoms with Gasteiger partial charge >= 0.3 is 0 Å². The van der Waals surface area contributed by atoms with E-state index in [1.807, 2.05) is 12.1 Å². The summed E-state index contributed by atoms with van der Waals surface area (Å²) in [6, 6.07) is 13.7. The van der Waals surface area contributed by atoms with Gasteiger partial charge in [0, 0.05) is 29.4 Å². The van der Waals surface area contributed by atoms with Crippen molar-refractivity contribution < 1.29 is 13.2 Å². The Hall–Kier alpha value is -2.42. The maximum Gasteiger partial charge on any atom is 0.263 e. The number of thiazole rings is 1. The third-order valence-corrected chi connectivity index (χ3v) is 6.38. The molecule has 3 aromatic rings. The number of hydrogen-bond donors (Lipinski definition) is 2. The highest BCUT2D eigenvalue weighted by Crippen LogP contribution is 2.27. The minimum absolute atomic E-state index is 0.0928. The van der Waals surface area contributed by atoms with Crippen LogP contribution in [0.5, 0.6) is 0 Å². The number of anilines is 1. The molecular formula is C19H18ClN3O3S2. The summed E-state index contributed by atoms with van der Waals surface area (Å²) in [6.45, 7) is 1.96. The maximum absolute atomic E-state index is 12.6. The molecule has 146 valence electrons. The highest BCUT2D eigenvalue weighted by molar-refractivity contribution is 7.93. The third kappa shape index (κ3) is 5.31. The van der Waals surface area contributed by atoms with Crippen molar-refractivity contribution in [3.8, 4) is 11.3 Å². The molecular weight excluding hydrogens is 418 g/mol. The number of carbonyl (C=O) groups is 1. The monoisotopic (exact) mass is 435 g/mol. The Morgan fingerprint density at radius 2 is 1.79 bits per heavy atom. The molecule has 3 rings (SSSR count). The van der Waals surface area contributed by atoms with Crippen LogP contribution in [0.1, 0.15) is 12.5 Å². The summed E-state index contributed by atoms with van der Waals surface area (Å²) in [4.78, 5) is 15.4. The first-order valence-corrected chi connectivity index (χ1v) is 11.2. The van der Waals surface area contributed by atoms with Gasteiger partial charge in [-0.05, 0) is 36.2 Å². The van der Waals surface area contributed by atoms with Crippen molar-refractivity contribution in [3.05, 3.63) is 64.5 Å². The Bertz CT molecular complexity index is 1060. The van der Waals surface area contributed by atoms with Crippen LogP contribution >= 0.6 is 22.9 Å². The minimum Gasteiger partial charge on any atom is -0.356 e. The predicted molar refractivity (Wildman–Crippen MR) is 112 cm³/mol. The summed E-state index contributed by atoms with van der Waals surface area (Å²) in [5, 5.41) is 5.41. The summed E-state index contributed by atoms with van der Waals surface area (Å²) in [5.41, 5.74) is 2.47. The molecule has 2 N–H and O–H groups in total. The number of halogens is 1. The molecule has 0 aliphatic rings. The van der Waals surface area contributed by atoms with E-state index < -0.39 is 10.0 Å². The molecule has 0 saturated carbocycles. The number of nitrogens with one attached hydrogen (secondary N) is 2. The average molecular weight is 436 g/mol. The van der Waals surface area contributed by atoms with E-state index in [1.54, 1.807) is 41.8 Å². The smallest absolute Gasteiger partial charge is 0.263 e. The van der Waals surface area contributed by atoms with Crippen molar-refractivity contribution in [3.63, 3.8) is 0 Å². The molecule has 0 bridgehead atoms. The van der Waals surface area contributed by atoms with Crippen LogP contribution in [0.2, 0.25) is 5.02 Å². The van der Waals surface area contributed by atoms with Crippen molar-refractivity contribution in [2.45, 2.75) is 18.2 Å². The quantitative estimate of drug-likeness (QED) is 0.588. The topological polar surface area (TPSA) is 88.2 Å². The van der Waals surface area contributed by atoms with Crippen LogP contribution < -0.4 is 10.0 Å². The standard InChI is InChI=1S/C19H18ClN3O3S2/c1-13(24)21-11-10-14-2-8-17(9-3-14)28(25,26)23-19-22-18(12-27-19)15-4-6-16(20)7-5-15/h2-9,12H,10-11H2,1H3,(H,21,24)(H,22,23). The zero-order valence-electron chi connectivity index (χ0n) is 15.0. The van der Waals surface area contributed by atoms with Crippen LogP contribution in [0.25, 0.3) is 11.3 Å². The first-order valence-electron chi connectivity index (χ1n) is 8.41. The fourth-order valence-corrected chi connectivity index (χ4v) is 4.56. The van der Waals surface area contributed by atoms with Crippen molar-refractivity contribution in [2.75, 3.05) is 11.3 Å². The van der Waals surface area contributed by atoms with E-state index in [-0.39, 0.29) is 10.8 Å². The fourth-order valence-electron chi connectivity index (χ4n) is 2.47. The van der Waals surface area contributed by atoms with Crippen LogP contribution in [-0.4, -0.2) is 25.9 Å². The van der Waals surface area contributed by atoms with Gasteiger partial charge in [-0.1, -0.05) is 35.9 Å². The van der Waals surface area contributed by atoms with Gasteiger partial charge in [-0.25, -0.2) is 13.4 Å². The van der Waals surface area contributed by atoms with Gasteiger partial charge in [0.25, 0.3) is 10.0 Å². The minimum atomic E-state index is -3.73. The maximum atomic E-state index is 12.6.